The van der Waals surface area contributed by atoms with Crippen molar-refractivity contribution >= 4 is 11.8 Å². The second-order valence-corrected chi connectivity index (χ2v) is 4.56. The number of hydrogen-bond donors (Lipinski definition) is 2. The molecule has 0 aliphatic heterocycles. The minimum atomic E-state index is -0.288. The Morgan fingerprint density at radius 2 is 2.21 bits per heavy atom. The Morgan fingerprint density at radius 3 is 2.74 bits per heavy atom. The predicted molar refractivity (Wildman–Crippen MR) is 72.0 cm³/mol. The Balaban J connectivity index is 1.97. The van der Waals surface area contributed by atoms with Crippen LogP contribution in [0.25, 0.3) is 0 Å². The topological polar surface area (TPSA) is 72.1 Å². The molecule has 2 aromatic rings. The van der Waals surface area contributed by atoms with Crippen LogP contribution in [-0.2, 0) is 7.05 Å². The first-order valence-electron chi connectivity index (χ1n) is 6.10. The van der Waals surface area contributed by atoms with Crippen LogP contribution >= 0.6 is 0 Å². The van der Waals surface area contributed by atoms with Gasteiger partial charge in [-0.3, -0.25) is 10.00 Å². The second kappa shape index (κ2) is 5.17. The molecule has 102 valence electrons. The average molecular weight is 262 g/mol. The van der Waals surface area contributed by atoms with Crippen molar-refractivity contribution in [3.8, 4) is 0 Å². The van der Waals surface area contributed by atoms with Crippen LogP contribution < -0.4 is 10.6 Å². The van der Waals surface area contributed by atoms with E-state index in [1.807, 2.05) is 26.8 Å². The van der Waals surface area contributed by atoms with Gasteiger partial charge in [0, 0.05) is 24.9 Å². The molecule has 0 aliphatic carbocycles. The van der Waals surface area contributed by atoms with Gasteiger partial charge in [-0.2, -0.15) is 5.10 Å². The Bertz CT molecular complexity index is 585. The molecule has 2 heterocycles. The highest BCUT2D eigenvalue weighted by Gasteiger charge is 2.15. The second-order valence-electron chi connectivity index (χ2n) is 4.56. The van der Waals surface area contributed by atoms with Crippen LogP contribution in [0.15, 0.2) is 22.7 Å². The van der Waals surface area contributed by atoms with E-state index in [2.05, 4.69) is 15.7 Å². The third-order valence-electron chi connectivity index (χ3n) is 2.85. The van der Waals surface area contributed by atoms with E-state index in [1.165, 1.54) is 0 Å². The summed E-state index contributed by atoms with van der Waals surface area (Å²) in [6.45, 7) is 5.68. The van der Waals surface area contributed by atoms with Gasteiger partial charge in [0.2, 0.25) is 0 Å². The first-order valence-corrected chi connectivity index (χ1v) is 6.10. The SMILES string of the molecule is Cc1cc([C@H](C)NC(=O)Nc2ccn(C)n2)c(C)o1. The lowest BCUT2D eigenvalue weighted by Crippen LogP contribution is -2.31. The van der Waals surface area contributed by atoms with Crippen LogP contribution in [0.2, 0.25) is 0 Å². The fourth-order valence-electron chi connectivity index (χ4n) is 1.99. The predicted octanol–water partition coefficient (Wildman–Crippen LogP) is 2.51. The molecule has 6 nitrogen and oxygen atoms in total. The number of carbonyl (C=O) groups is 1. The quantitative estimate of drug-likeness (QED) is 0.892. The highest BCUT2D eigenvalue weighted by Crippen LogP contribution is 2.21. The first kappa shape index (κ1) is 13.2. The Morgan fingerprint density at radius 1 is 1.47 bits per heavy atom. The molecule has 0 fully saturated rings. The summed E-state index contributed by atoms with van der Waals surface area (Å²) in [6, 6.07) is 3.25. The smallest absolute Gasteiger partial charge is 0.320 e. The lowest BCUT2D eigenvalue weighted by atomic mass is 10.1. The fourth-order valence-corrected chi connectivity index (χ4v) is 1.99. The van der Waals surface area contributed by atoms with E-state index in [0.29, 0.717) is 5.82 Å². The largest absolute Gasteiger partial charge is 0.466 e. The van der Waals surface area contributed by atoms with Gasteiger partial charge < -0.3 is 9.73 Å². The summed E-state index contributed by atoms with van der Waals surface area (Å²) >= 11 is 0. The molecule has 0 saturated carbocycles. The summed E-state index contributed by atoms with van der Waals surface area (Å²) in [4.78, 5) is 11.8. The maximum absolute atomic E-state index is 11.8. The standard InChI is InChI=1S/C13H18N4O2/c1-8-7-11(10(3)19-8)9(2)14-13(18)15-12-5-6-17(4)16-12/h5-7,9H,1-4H3,(H2,14,15,16,18)/t9-/m0/s1. The average Bonchev–Trinajstić information content (AvgIpc) is 2.84. The van der Waals surface area contributed by atoms with Gasteiger partial charge >= 0.3 is 6.03 Å². The van der Waals surface area contributed by atoms with Crippen LogP contribution in [0.4, 0.5) is 10.6 Å². The maximum atomic E-state index is 11.8. The van der Waals surface area contributed by atoms with Gasteiger partial charge in [0.1, 0.15) is 11.5 Å². The molecule has 0 radical (unpaired) electrons. The number of hydrogen-bond acceptors (Lipinski definition) is 3. The Hall–Kier alpha value is -2.24. The fraction of sp³-hybridized carbons (Fsp3) is 0.385. The molecule has 0 aromatic carbocycles. The summed E-state index contributed by atoms with van der Waals surface area (Å²) in [6.07, 6.45) is 1.77. The molecular formula is C13H18N4O2. The molecule has 0 saturated heterocycles. The number of nitrogens with one attached hydrogen (secondary N) is 2. The molecule has 1 atom stereocenters. The minimum absolute atomic E-state index is 0.124. The normalized spacial score (nSPS) is 12.2. The van der Waals surface area contributed by atoms with Crippen molar-refractivity contribution in [2.75, 3.05) is 5.32 Å². The lowest BCUT2D eigenvalue weighted by Gasteiger charge is -2.13. The molecule has 2 rings (SSSR count). The van der Waals surface area contributed by atoms with Gasteiger partial charge in [-0.05, 0) is 26.8 Å². The zero-order valence-electron chi connectivity index (χ0n) is 11.5. The van der Waals surface area contributed by atoms with Crippen molar-refractivity contribution in [3.63, 3.8) is 0 Å². The van der Waals surface area contributed by atoms with Gasteiger partial charge in [0.15, 0.2) is 5.82 Å². The van der Waals surface area contributed by atoms with Crippen molar-refractivity contribution in [3.05, 3.63) is 35.4 Å². The zero-order chi connectivity index (χ0) is 14.0. The Kier molecular flexibility index (Phi) is 3.59. The van der Waals surface area contributed by atoms with Crippen molar-refractivity contribution < 1.29 is 9.21 Å². The van der Waals surface area contributed by atoms with E-state index in [-0.39, 0.29) is 12.1 Å². The number of aromatic nitrogens is 2. The van der Waals surface area contributed by atoms with Gasteiger partial charge in [0.25, 0.3) is 0 Å². The van der Waals surface area contributed by atoms with Gasteiger partial charge in [-0.1, -0.05) is 0 Å². The number of amides is 2. The summed E-state index contributed by atoms with van der Waals surface area (Å²) in [5.41, 5.74) is 0.980. The van der Waals surface area contributed by atoms with Crippen molar-refractivity contribution in [1.82, 2.24) is 15.1 Å². The van der Waals surface area contributed by atoms with E-state index >= 15 is 0 Å². The Labute approximate surface area is 111 Å². The van der Waals surface area contributed by atoms with Gasteiger partial charge in [-0.25, -0.2) is 4.79 Å². The minimum Gasteiger partial charge on any atom is -0.466 e. The van der Waals surface area contributed by atoms with Gasteiger partial charge in [-0.15, -0.1) is 0 Å². The van der Waals surface area contributed by atoms with Crippen LogP contribution in [0.5, 0.6) is 0 Å². The summed E-state index contributed by atoms with van der Waals surface area (Å²) < 4.78 is 7.08. The van der Waals surface area contributed by atoms with E-state index in [0.717, 1.165) is 17.1 Å². The zero-order valence-corrected chi connectivity index (χ0v) is 11.5. The van der Waals surface area contributed by atoms with E-state index < -0.39 is 0 Å². The molecule has 2 N–H and O–H groups in total. The maximum Gasteiger partial charge on any atom is 0.320 e. The molecule has 0 spiro atoms. The van der Waals surface area contributed by atoms with E-state index in [1.54, 1.807) is 24.0 Å². The molecule has 0 aliphatic rings. The van der Waals surface area contributed by atoms with E-state index in [4.69, 9.17) is 4.42 Å². The third-order valence-corrected chi connectivity index (χ3v) is 2.85. The monoisotopic (exact) mass is 262 g/mol. The molecule has 0 bridgehead atoms. The number of anilines is 1. The summed E-state index contributed by atoms with van der Waals surface area (Å²) in [5, 5.41) is 9.60. The third kappa shape index (κ3) is 3.15. The van der Waals surface area contributed by atoms with Crippen molar-refractivity contribution in [2.24, 2.45) is 7.05 Å². The number of aryl methyl sites for hydroxylation is 3. The molecule has 6 heteroatoms. The van der Waals surface area contributed by atoms with Crippen LogP contribution in [-0.4, -0.2) is 15.8 Å². The first-order chi connectivity index (χ1) is 8.95. The highest BCUT2D eigenvalue weighted by molar-refractivity contribution is 5.88. The number of nitrogens with zero attached hydrogens (tertiary/aromatic N) is 2. The molecule has 2 amide bonds. The molecule has 19 heavy (non-hydrogen) atoms. The molecular weight excluding hydrogens is 244 g/mol. The summed E-state index contributed by atoms with van der Waals surface area (Å²) in [5.74, 6) is 2.18. The van der Waals surface area contributed by atoms with Crippen LogP contribution in [0.1, 0.15) is 30.0 Å². The van der Waals surface area contributed by atoms with Gasteiger partial charge in [0.05, 0.1) is 6.04 Å². The number of furan rings is 1. The number of urea groups is 1. The van der Waals surface area contributed by atoms with Crippen LogP contribution in [0.3, 0.4) is 0 Å². The number of carbonyl (C=O) groups excluding carboxylic acids is 1. The summed E-state index contributed by atoms with van der Waals surface area (Å²) in [7, 11) is 1.79. The number of rotatable bonds is 3. The molecule has 0 unspecified atom stereocenters. The highest BCUT2D eigenvalue weighted by atomic mass is 16.3. The molecule has 2 aromatic heterocycles. The van der Waals surface area contributed by atoms with Crippen molar-refractivity contribution in [1.29, 1.82) is 0 Å². The van der Waals surface area contributed by atoms with Crippen LogP contribution in [0, 0.1) is 13.8 Å². The van der Waals surface area contributed by atoms with Crippen molar-refractivity contribution in [2.45, 2.75) is 26.8 Å². The lowest BCUT2D eigenvalue weighted by molar-refractivity contribution is 0.249. The van der Waals surface area contributed by atoms with E-state index in [9.17, 15) is 4.79 Å².